The van der Waals surface area contributed by atoms with Gasteiger partial charge in [0.25, 0.3) is 0 Å². The van der Waals surface area contributed by atoms with Crippen LogP contribution < -0.4 is 0 Å². The van der Waals surface area contributed by atoms with Gasteiger partial charge in [0.1, 0.15) is 0 Å². The second kappa shape index (κ2) is 7.78. The van der Waals surface area contributed by atoms with Gasteiger partial charge in [0.15, 0.2) is 0 Å². The van der Waals surface area contributed by atoms with Crippen LogP contribution in [0.1, 0.15) is 72.6 Å². The first kappa shape index (κ1) is 18.4. The summed E-state index contributed by atoms with van der Waals surface area (Å²) in [5.74, 6) is 1.23. The fraction of sp³-hybridized carbons (Fsp3) is 0.895. The Labute approximate surface area is 140 Å². The van der Waals surface area contributed by atoms with E-state index in [1.807, 2.05) is 0 Å². The van der Waals surface area contributed by atoms with Gasteiger partial charge in [0.05, 0.1) is 6.10 Å². The Hall–Kier alpha value is -0.900. The summed E-state index contributed by atoms with van der Waals surface area (Å²) in [5.41, 5.74) is 0.223. The Bertz CT molecular complexity index is 416. The van der Waals surface area contributed by atoms with Crippen molar-refractivity contribution in [1.29, 1.82) is 0 Å². The van der Waals surface area contributed by atoms with Crippen LogP contribution in [0.15, 0.2) is 0 Å². The van der Waals surface area contributed by atoms with Crippen LogP contribution in [0.25, 0.3) is 0 Å². The molecule has 0 N–H and O–H groups in total. The van der Waals surface area contributed by atoms with Gasteiger partial charge in [-0.25, -0.2) is 0 Å². The van der Waals surface area contributed by atoms with Crippen molar-refractivity contribution in [3.8, 4) is 0 Å². The van der Waals surface area contributed by atoms with Crippen molar-refractivity contribution in [2.24, 2.45) is 17.3 Å². The van der Waals surface area contributed by atoms with Crippen LogP contribution in [0, 0.1) is 17.3 Å². The van der Waals surface area contributed by atoms with Crippen LogP contribution in [0.3, 0.4) is 0 Å². The van der Waals surface area contributed by atoms with Gasteiger partial charge in [0, 0.05) is 26.0 Å². The molecule has 4 nitrogen and oxygen atoms in total. The topological polar surface area (TPSA) is 46.6 Å². The lowest BCUT2D eigenvalue weighted by Gasteiger charge is -2.43. The number of carbonyl (C=O) groups excluding carboxylic acids is 2. The average Bonchev–Trinajstić information content (AvgIpc) is 2.82. The van der Waals surface area contributed by atoms with Crippen molar-refractivity contribution in [3.63, 3.8) is 0 Å². The molecule has 0 aromatic carbocycles. The fourth-order valence-corrected chi connectivity index (χ4v) is 3.84. The van der Waals surface area contributed by atoms with Crippen molar-refractivity contribution in [3.05, 3.63) is 0 Å². The Kier molecular flexibility index (Phi) is 6.24. The van der Waals surface area contributed by atoms with E-state index >= 15 is 0 Å². The molecule has 2 amide bonds. The highest BCUT2D eigenvalue weighted by molar-refractivity contribution is 6.01. The van der Waals surface area contributed by atoms with E-state index in [1.54, 1.807) is 0 Å². The van der Waals surface area contributed by atoms with Gasteiger partial charge in [-0.3, -0.25) is 14.5 Å². The molecule has 2 aliphatic rings. The average molecular weight is 323 g/mol. The van der Waals surface area contributed by atoms with Crippen molar-refractivity contribution in [1.82, 2.24) is 4.90 Å². The van der Waals surface area contributed by atoms with Crippen molar-refractivity contribution in [2.75, 3.05) is 13.2 Å². The van der Waals surface area contributed by atoms with Gasteiger partial charge in [-0.1, -0.05) is 34.1 Å². The van der Waals surface area contributed by atoms with Crippen molar-refractivity contribution in [2.45, 2.75) is 78.7 Å². The first-order valence-corrected chi connectivity index (χ1v) is 9.28. The highest BCUT2D eigenvalue weighted by Crippen LogP contribution is 2.43. The van der Waals surface area contributed by atoms with Crippen LogP contribution in [-0.4, -0.2) is 36.0 Å². The molecule has 0 spiro atoms. The summed E-state index contributed by atoms with van der Waals surface area (Å²) in [4.78, 5) is 25.3. The van der Waals surface area contributed by atoms with Crippen molar-refractivity contribution < 1.29 is 14.3 Å². The molecule has 2 heterocycles. The van der Waals surface area contributed by atoms with Crippen molar-refractivity contribution >= 4 is 11.8 Å². The first-order chi connectivity index (χ1) is 10.8. The molecule has 132 valence electrons. The number of likely N-dealkylation sites (tertiary alicyclic amines) is 1. The fourth-order valence-electron chi connectivity index (χ4n) is 3.84. The molecule has 0 bridgehead atoms. The summed E-state index contributed by atoms with van der Waals surface area (Å²) in [6.45, 7) is 10.4. The predicted octanol–water partition coefficient (Wildman–Crippen LogP) is 3.78. The van der Waals surface area contributed by atoms with E-state index < -0.39 is 0 Å². The molecule has 2 aliphatic heterocycles. The second-order valence-corrected chi connectivity index (χ2v) is 8.23. The molecule has 2 saturated heterocycles. The zero-order valence-corrected chi connectivity index (χ0v) is 15.3. The minimum Gasteiger partial charge on any atom is -0.378 e. The lowest BCUT2D eigenvalue weighted by atomic mass is 9.69. The van der Waals surface area contributed by atoms with Crippen LogP contribution in [-0.2, 0) is 14.3 Å². The second-order valence-electron chi connectivity index (χ2n) is 8.23. The van der Waals surface area contributed by atoms with E-state index in [0.717, 1.165) is 25.9 Å². The highest BCUT2D eigenvalue weighted by Gasteiger charge is 2.39. The minimum atomic E-state index is 0.0153. The molecule has 0 aliphatic carbocycles. The summed E-state index contributed by atoms with van der Waals surface area (Å²) < 4.78 is 5.97. The van der Waals surface area contributed by atoms with E-state index in [1.165, 1.54) is 17.7 Å². The third-order valence-electron chi connectivity index (χ3n) is 5.61. The minimum absolute atomic E-state index is 0.0153. The van der Waals surface area contributed by atoms with E-state index in [4.69, 9.17) is 4.74 Å². The SMILES string of the molecule is CC(C)CCC1(CCN2C(=O)CCC2=O)CCOC(C(C)C)C1. The standard InChI is InChI=1S/C19H33NO3/c1-14(2)7-8-19(10-12-23-16(13-19)15(3)4)9-11-20-17(21)5-6-18(20)22/h14-16H,5-13H2,1-4H3. The first-order valence-electron chi connectivity index (χ1n) is 9.28. The number of ether oxygens (including phenoxy) is 1. The Morgan fingerprint density at radius 3 is 2.35 bits per heavy atom. The quantitative estimate of drug-likeness (QED) is 0.670. The monoisotopic (exact) mass is 323 g/mol. The molecule has 4 heteroatoms. The third kappa shape index (κ3) is 4.79. The number of nitrogens with zero attached hydrogens (tertiary/aromatic N) is 1. The molecule has 0 radical (unpaired) electrons. The molecule has 2 rings (SSSR count). The molecule has 23 heavy (non-hydrogen) atoms. The number of amides is 2. The summed E-state index contributed by atoms with van der Waals surface area (Å²) >= 11 is 0. The van der Waals surface area contributed by atoms with Gasteiger partial charge >= 0.3 is 0 Å². The molecule has 2 atom stereocenters. The van der Waals surface area contributed by atoms with E-state index in [9.17, 15) is 9.59 Å². The predicted molar refractivity (Wildman–Crippen MR) is 90.9 cm³/mol. The number of hydrogen-bond acceptors (Lipinski definition) is 3. The largest absolute Gasteiger partial charge is 0.378 e. The molecule has 0 saturated carbocycles. The Balaban J connectivity index is 2.03. The molecule has 0 aromatic heterocycles. The summed E-state index contributed by atoms with van der Waals surface area (Å²) in [6, 6.07) is 0. The zero-order valence-electron chi connectivity index (χ0n) is 15.3. The van der Waals surface area contributed by atoms with Gasteiger partial charge in [-0.05, 0) is 42.9 Å². The molecule has 2 fully saturated rings. The molecular weight excluding hydrogens is 290 g/mol. The molecule has 2 unspecified atom stereocenters. The number of hydrogen-bond donors (Lipinski definition) is 0. The van der Waals surface area contributed by atoms with Gasteiger partial charge in [-0.15, -0.1) is 0 Å². The van der Waals surface area contributed by atoms with Crippen LogP contribution in [0.5, 0.6) is 0 Å². The number of imide groups is 1. The smallest absolute Gasteiger partial charge is 0.229 e. The summed E-state index contributed by atoms with van der Waals surface area (Å²) in [5, 5.41) is 0. The lowest BCUT2D eigenvalue weighted by molar-refractivity contribution is -0.139. The summed E-state index contributed by atoms with van der Waals surface area (Å²) in [7, 11) is 0. The van der Waals surface area contributed by atoms with Gasteiger partial charge in [-0.2, -0.15) is 0 Å². The maximum absolute atomic E-state index is 11.9. The number of carbonyl (C=O) groups is 2. The van der Waals surface area contributed by atoms with Crippen LogP contribution in [0.4, 0.5) is 0 Å². The Morgan fingerprint density at radius 1 is 1.13 bits per heavy atom. The number of rotatable bonds is 7. The van der Waals surface area contributed by atoms with Crippen LogP contribution in [0.2, 0.25) is 0 Å². The normalized spacial score (nSPS) is 29.1. The molecule has 0 aromatic rings. The van der Waals surface area contributed by atoms with E-state index in [-0.39, 0.29) is 17.2 Å². The van der Waals surface area contributed by atoms with Gasteiger partial charge in [0.2, 0.25) is 11.8 Å². The maximum atomic E-state index is 11.9. The third-order valence-corrected chi connectivity index (χ3v) is 5.61. The zero-order chi connectivity index (χ0) is 17.0. The van der Waals surface area contributed by atoms with Gasteiger partial charge < -0.3 is 4.74 Å². The van der Waals surface area contributed by atoms with E-state index in [0.29, 0.717) is 37.3 Å². The molecular formula is C19H33NO3. The lowest BCUT2D eigenvalue weighted by Crippen LogP contribution is -2.41. The maximum Gasteiger partial charge on any atom is 0.229 e. The van der Waals surface area contributed by atoms with Crippen LogP contribution >= 0.6 is 0 Å². The highest BCUT2D eigenvalue weighted by atomic mass is 16.5. The summed E-state index contributed by atoms with van der Waals surface area (Å²) in [6.07, 6.45) is 6.53. The van der Waals surface area contributed by atoms with E-state index in [2.05, 4.69) is 27.7 Å². The Morgan fingerprint density at radius 2 is 1.78 bits per heavy atom.